The van der Waals surface area contributed by atoms with Gasteiger partial charge in [-0.25, -0.2) is 0 Å². The standard InChI is InChI=1S/C15H25NO2.ClH/c1-6-15(3,4)16-11-12-8-9-13(17-5)14(10-12)18-7-2;/h8-10,16H,6-7,11H2,1-5H3;1H. The van der Waals surface area contributed by atoms with Gasteiger partial charge in [0.05, 0.1) is 13.7 Å². The molecule has 0 spiro atoms. The number of methoxy groups -OCH3 is 1. The zero-order chi connectivity index (χ0) is 13.6. The third-order valence-corrected chi connectivity index (χ3v) is 3.18. The van der Waals surface area contributed by atoms with Crippen molar-refractivity contribution in [3.05, 3.63) is 23.8 Å². The van der Waals surface area contributed by atoms with Gasteiger partial charge in [0.15, 0.2) is 11.5 Å². The van der Waals surface area contributed by atoms with Gasteiger partial charge < -0.3 is 14.8 Å². The number of hydrogen-bond donors (Lipinski definition) is 1. The van der Waals surface area contributed by atoms with Crippen molar-refractivity contribution in [3.8, 4) is 11.5 Å². The molecule has 1 aromatic carbocycles. The summed E-state index contributed by atoms with van der Waals surface area (Å²) < 4.78 is 10.8. The molecule has 1 N–H and O–H groups in total. The third-order valence-electron chi connectivity index (χ3n) is 3.18. The first-order valence-corrected chi connectivity index (χ1v) is 6.57. The molecule has 0 unspecified atom stereocenters. The average molecular weight is 288 g/mol. The van der Waals surface area contributed by atoms with E-state index in [2.05, 4.69) is 32.2 Å². The van der Waals surface area contributed by atoms with Crippen LogP contribution in [0.5, 0.6) is 11.5 Å². The number of halogens is 1. The molecule has 1 rings (SSSR count). The van der Waals surface area contributed by atoms with Crippen molar-refractivity contribution in [1.82, 2.24) is 5.32 Å². The second-order valence-electron chi connectivity index (χ2n) is 5.01. The fraction of sp³-hybridized carbons (Fsp3) is 0.600. The quantitative estimate of drug-likeness (QED) is 0.827. The topological polar surface area (TPSA) is 30.5 Å². The van der Waals surface area contributed by atoms with E-state index in [9.17, 15) is 0 Å². The molecule has 0 aromatic heterocycles. The van der Waals surface area contributed by atoms with E-state index in [1.807, 2.05) is 19.1 Å². The molecule has 0 saturated carbocycles. The minimum Gasteiger partial charge on any atom is -0.493 e. The van der Waals surface area contributed by atoms with E-state index in [4.69, 9.17) is 9.47 Å². The van der Waals surface area contributed by atoms with Gasteiger partial charge in [0, 0.05) is 12.1 Å². The first-order chi connectivity index (χ1) is 8.52. The Hall–Kier alpha value is -0.930. The Labute approximate surface area is 123 Å². The Kier molecular flexibility index (Phi) is 7.88. The van der Waals surface area contributed by atoms with Crippen molar-refractivity contribution in [2.45, 2.75) is 46.2 Å². The highest BCUT2D eigenvalue weighted by Gasteiger charge is 2.14. The van der Waals surface area contributed by atoms with E-state index in [-0.39, 0.29) is 17.9 Å². The monoisotopic (exact) mass is 287 g/mol. The molecule has 0 radical (unpaired) electrons. The molecule has 0 atom stereocenters. The predicted molar refractivity (Wildman–Crippen MR) is 82.6 cm³/mol. The zero-order valence-corrected chi connectivity index (χ0v) is 13.4. The highest BCUT2D eigenvalue weighted by Crippen LogP contribution is 2.28. The second kappa shape index (κ2) is 8.28. The van der Waals surface area contributed by atoms with Crippen molar-refractivity contribution in [2.75, 3.05) is 13.7 Å². The molecule has 4 heteroatoms. The summed E-state index contributed by atoms with van der Waals surface area (Å²) in [6, 6.07) is 6.07. The lowest BCUT2D eigenvalue weighted by Gasteiger charge is -2.24. The lowest BCUT2D eigenvalue weighted by atomic mass is 10.0. The van der Waals surface area contributed by atoms with Crippen LogP contribution in [0.2, 0.25) is 0 Å². The lowest BCUT2D eigenvalue weighted by Crippen LogP contribution is -2.37. The minimum absolute atomic E-state index is 0. The van der Waals surface area contributed by atoms with Crippen LogP contribution in [0, 0.1) is 0 Å². The van der Waals surface area contributed by atoms with Crippen LogP contribution in [0.25, 0.3) is 0 Å². The third kappa shape index (κ3) is 5.70. The van der Waals surface area contributed by atoms with E-state index < -0.39 is 0 Å². The maximum atomic E-state index is 5.57. The fourth-order valence-electron chi connectivity index (χ4n) is 1.57. The average Bonchev–Trinajstić information content (AvgIpc) is 2.37. The maximum absolute atomic E-state index is 5.57. The van der Waals surface area contributed by atoms with Gasteiger partial charge in [-0.05, 0) is 44.9 Å². The molecule has 0 aliphatic carbocycles. The summed E-state index contributed by atoms with van der Waals surface area (Å²) in [6.45, 7) is 10.1. The summed E-state index contributed by atoms with van der Waals surface area (Å²) in [4.78, 5) is 0. The maximum Gasteiger partial charge on any atom is 0.161 e. The van der Waals surface area contributed by atoms with Crippen LogP contribution in [-0.2, 0) is 6.54 Å². The van der Waals surface area contributed by atoms with Gasteiger partial charge in [-0.3, -0.25) is 0 Å². The summed E-state index contributed by atoms with van der Waals surface area (Å²) in [6.07, 6.45) is 1.10. The van der Waals surface area contributed by atoms with E-state index in [0.29, 0.717) is 6.61 Å². The van der Waals surface area contributed by atoms with Gasteiger partial charge in [0.2, 0.25) is 0 Å². The molecular formula is C15H26ClNO2. The van der Waals surface area contributed by atoms with Gasteiger partial charge in [-0.15, -0.1) is 12.4 Å². The minimum atomic E-state index is 0. The summed E-state index contributed by atoms with van der Waals surface area (Å²) in [5, 5.41) is 3.54. The van der Waals surface area contributed by atoms with E-state index in [1.165, 1.54) is 5.56 Å². The number of hydrogen-bond acceptors (Lipinski definition) is 3. The Balaban J connectivity index is 0.00000324. The van der Waals surface area contributed by atoms with Crippen LogP contribution in [0.1, 0.15) is 39.7 Å². The number of rotatable bonds is 7. The zero-order valence-electron chi connectivity index (χ0n) is 12.6. The van der Waals surface area contributed by atoms with Crippen molar-refractivity contribution in [1.29, 1.82) is 0 Å². The number of ether oxygens (including phenoxy) is 2. The fourth-order valence-corrected chi connectivity index (χ4v) is 1.57. The van der Waals surface area contributed by atoms with Gasteiger partial charge in [-0.2, -0.15) is 0 Å². The second-order valence-corrected chi connectivity index (χ2v) is 5.01. The van der Waals surface area contributed by atoms with Gasteiger partial charge >= 0.3 is 0 Å². The van der Waals surface area contributed by atoms with Gasteiger partial charge in [0.1, 0.15) is 0 Å². The van der Waals surface area contributed by atoms with Crippen LogP contribution in [0.4, 0.5) is 0 Å². The summed E-state index contributed by atoms with van der Waals surface area (Å²) >= 11 is 0. The molecule has 3 nitrogen and oxygen atoms in total. The molecule has 110 valence electrons. The van der Waals surface area contributed by atoms with E-state index in [1.54, 1.807) is 7.11 Å². The van der Waals surface area contributed by atoms with Crippen LogP contribution in [-0.4, -0.2) is 19.3 Å². The molecule has 1 aromatic rings. The molecule has 0 bridgehead atoms. The summed E-state index contributed by atoms with van der Waals surface area (Å²) in [5.74, 6) is 1.60. The molecular weight excluding hydrogens is 262 g/mol. The van der Waals surface area contributed by atoms with Crippen LogP contribution in [0.3, 0.4) is 0 Å². The molecule has 19 heavy (non-hydrogen) atoms. The van der Waals surface area contributed by atoms with E-state index in [0.717, 1.165) is 24.5 Å². The lowest BCUT2D eigenvalue weighted by molar-refractivity contribution is 0.310. The van der Waals surface area contributed by atoms with Crippen molar-refractivity contribution in [3.63, 3.8) is 0 Å². The highest BCUT2D eigenvalue weighted by atomic mass is 35.5. The predicted octanol–water partition coefficient (Wildman–Crippen LogP) is 3.79. The molecule has 0 aliphatic heterocycles. The summed E-state index contributed by atoms with van der Waals surface area (Å²) in [7, 11) is 1.66. The normalized spacial score (nSPS) is 10.8. The largest absolute Gasteiger partial charge is 0.493 e. The van der Waals surface area contributed by atoms with Gasteiger partial charge in [-0.1, -0.05) is 13.0 Å². The Bertz CT molecular complexity index is 380. The molecule has 0 saturated heterocycles. The Morgan fingerprint density at radius 2 is 1.84 bits per heavy atom. The smallest absolute Gasteiger partial charge is 0.161 e. The molecule has 0 amide bonds. The van der Waals surface area contributed by atoms with Crippen LogP contribution < -0.4 is 14.8 Å². The van der Waals surface area contributed by atoms with Crippen molar-refractivity contribution in [2.24, 2.45) is 0 Å². The number of nitrogens with one attached hydrogen (secondary N) is 1. The number of benzene rings is 1. The first kappa shape index (κ1) is 18.1. The molecule has 0 heterocycles. The van der Waals surface area contributed by atoms with E-state index >= 15 is 0 Å². The van der Waals surface area contributed by atoms with Crippen molar-refractivity contribution < 1.29 is 9.47 Å². The molecule has 0 fully saturated rings. The highest BCUT2D eigenvalue weighted by molar-refractivity contribution is 5.85. The Morgan fingerprint density at radius 1 is 1.16 bits per heavy atom. The van der Waals surface area contributed by atoms with Crippen LogP contribution >= 0.6 is 12.4 Å². The Morgan fingerprint density at radius 3 is 2.37 bits per heavy atom. The first-order valence-electron chi connectivity index (χ1n) is 6.57. The molecule has 0 aliphatic rings. The SMILES string of the molecule is CCOc1cc(CNC(C)(C)CC)ccc1OC.Cl. The van der Waals surface area contributed by atoms with Crippen molar-refractivity contribution >= 4 is 12.4 Å². The van der Waals surface area contributed by atoms with Gasteiger partial charge in [0.25, 0.3) is 0 Å². The van der Waals surface area contributed by atoms with Crippen LogP contribution in [0.15, 0.2) is 18.2 Å². The summed E-state index contributed by atoms with van der Waals surface area (Å²) in [5.41, 5.74) is 1.37.